The summed E-state index contributed by atoms with van der Waals surface area (Å²) in [5.41, 5.74) is 1.26. The first-order valence-corrected chi connectivity index (χ1v) is 6.95. The highest BCUT2D eigenvalue weighted by molar-refractivity contribution is 5.92. The second-order valence-electron chi connectivity index (χ2n) is 5.32. The molecule has 2 N–H and O–H groups in total. The number of rotatable bonds is 3. The zero-order chi connectivity index (χ0) is 16.6. The average molecular weight is 312 g/mol. The van der Waals surface area contributed by atoms with Crippen LogP contribution in [0, 0.1) is 12.7 Å². The average Bonchev–Trinajstić information content (AvgIpc) is 2.50. The smallest absolute Gasteiger partial charge is 0.335 e. The van der Waals surface area contributed by atoms with Crippen molar-refractivity contribution in [2.45, 2.75) is 13.3 Å². The number of carbonyl (C=O) groups is 1. The fraction of sp³-hybridized carbons (Fsp3) is 0.118. The summed E-state index contributed by atoms with van der Waals surface area (Å²) < 4.78 is 13.8. The number of H-pyrrole nitrogens is 1. The van der Waals surface area contributed by atoms with Crippen LogP contribution in [-0.4, -0.2) is 21.0 Å². The van der Waals surface area contributed by atoms with Gasteiger partial charge in [0.05, 0.1) is 16.5 Å². The van der Waals surface area contributed by atoms with E-state index in [1.165, 1.54) is 24.3 Å². The molecule has 0 aliphatic rings. The van der Waals surface area contributed by atoms with Crippen molar-refractivity contribution in [1.82, 2.24) is 9.97 Å². The SMILES string of the molecule is Cc1ccc(F)c(Cc2nc3cc(C(=O)O)ccc3c(=O)[nH]2)c1. The summed E-state index contributed by atoms with van der Waals surface area (Å²) >= 11 is 0. The Bertz CT molecular complexity index is 979. The molecule has 0 radical (unpaired) electrons. The number of benzene rings is 2. The zero-order valence-electron chi connectivity index (χ0n) is 12.3. The topological polar surface area (TPSA) is 83.0 Å². The molecule has 3 rings (SSSR count). The van der Waals surface area contributed by atoms with E-state index in [4.69, 9.17) is 5.11 Å². The van der Waals surface area contributed by atoms with Gasteiger partial charge >= 0.3 is 5.97 Å². The molecule has 0 aliphatic heterocycles. The molecule has 2 aromatic carbocycles. The van der Waals surface area contributed by atoms with Gasteiger partial charge in [-0.1, -0.05) is 17.7 Å². The maximum Gasteiger partial charge on any atom is 0.335 e. The van der Waals surface area contributed by atoms with Gasteiger partial charge in [0.15, 0.2) is 0 Å². The van der Waals surface area contributed by atoms with Crippen LogP contribution in [0.4, 0.5) is 4.39 Å². The fourth-order valence-corrected chi connectivity index (χ4v) is 2.42. The molecule has 23 heavy (non-hydrogen) atoms. The summed E-state index contributed by atoms with van der Waals surface area (Å²) in [4.78, 5) is 30.0. The standard InChI is InChI=1S/C17H13FN2O3/c1-9-2-5-13(18)11(6-9)8-15-19-14-7-10(17(22)23)3-4-12(14)16(21)20-15/h2-7H,8H2,1H3,(H,22,23)(H,19,20,21). The third-order valence-electron chi connectivity index (χ3n) is 3.56. The van der Waals surface area contributed by atoms with E-state index in [2.05, 4.69) is 9.97 Å². The maximum absolute atomic E-state index is 13.8. The first-order valence-electron chi connectivity index (χ1n) is 6.95. The summed E-state index contributed by atoms with van der Waals surface area (Å²) in [6.07, 6.45) is 0.121. The van der Waals surface area contributed by atoms with Crippen LogP contribution in [-0.2, 0) is 6.42 Å². The Morgan fingerprint density at radius 2 is 2.04 bits per heavy atom. The highest BCUT2D eigenvalue weighted by atomic mass is 19.1. The molecule has 116 valence electrons. The Balaban J connectivity index is 2.09. The van der Waals surface area contributed by atoms with E-state index < -0.39 is 5.97 Å². The Hall–Kier alpha value is -3.02. The number of hydrogen-bond donors (Lipinski definition) is 2. The summed E-state index contributed by atoms with van der Waals surface area (Å²) in [5, 5.41) is 9.32. The first kappa shape index (κ1) is 14.9. The molecule has 3 aromatic rings. The minimum atomic E-state index is -1.10. The lowest BCUT2D eigenvalue weighted by Gasteiger charge is -2.06. The number of aromatic carboxylic acids is 1. The Morgan fingerprint density at radius 1 is 1.26 bits per heavy atom. The summed E-state index contributed by atoms with van der Waals surface area (Å²) in [7, 11) is 0. The van der Waals surface area contributed by atoms with E-state index in [1.807, 2.05) is 6.92 Å². The molecule has 0 amide bonds. The lowest BCUT2D eigenvalue weighted by atomic mass is 10.1. The van der Waals surface area contributed by atoms with Crippen LogP contribution in [0.5, 0.6) is 0 Å². The third kappa shape index (κ3) is 2.96. The predicted octanol–water partition coefficient (Wildman–Crippen LogP) is 2.66. The van der Waals surface area contributed by atoms with Crippen molar-refractivity contribution in [3.8, 4) is 0 Å². The van der Waals surface area contributed by atoms with Gasteiger partial charge in [-0.15, -0.1) is 0 Å². The van der Waals surface area contributed by atoms with Gasteiger partial charge in [0.1, 0.15) is 11.6 Å². The van der Waals surface area contributed by atoms with E-state index in [-0.39, 0.29) is 34.7 Å². The van der Waals surface area contributed by atoms with Gasteiger partial charge in [-0.3, -0.25) is 4.79 Å². The number of halogens is 1. The molecule has 1 heterocycles. The van der Waals surface area contributed by atoms with Crippen LogP contribution in [0.3, 0.4) is 0 Å². The van der Waals surface area contributed by atoms with E-state index in [1.54, 1.807) is 12.1 Å². The van der Waals surface area contributed by atoms with Gasteiger partial charge in [-0.2, -0.15) is 0 Å². The van der Waals surface area contributed by atoms with Crippen LogP contribution < -0.4 is 5.56 Å². The lowest BCUT2D eigenvalue weighted by Crippen LogP contribution is -2.13. The Morgan fingerprint density at radius 3 is 2.78 bits per heavy atom. The van der Waals surface area contributed by atoms with Crippen LogP contribution in [0.15, 0.2) is 41.2 Å². The van der Waals surface area contributed by atoms with E-state index in [0.29, 0.717) is 10.9 Å². The van der Waals surface area contributed by atoms with Crippen molar-refractivity contribution < 1.29 is 14.3 Å². The molecule has 6 heteroatoms. The van der Waals surface area contributed by atoms with Crippen LogP contribution in [0.2, 0.25) is 0 Å². The largest absolute Gasteiger partial charge is 0.478 e. The highest BCUT2D eigenvalue weighted by Crippen LogP contribution is 2.15. The second-order valence-corrected chi connectivity index (χ2v) is 5.32. The molecular weight excluding hydrogens is 299 g/mol. The van der Waals surface area contributed by atoms with Crippen LogP contribution >= 0.6 is 0 Å². The molecule has 0 spiro atoms. The second kappa shape index (κ2) is 5.64. The molecule has 0 atom stereocenters. The van der Waals surface area contributed by atoms with E-state index in [9.17, 15) is 14.0 Å². The normalized spacial score (nSPS) is 10.9. The molecule has 5 nitrogen and oxygen atoms in total. The summed E-state index contributed by atoms with van der Waals surface area (Å²) in [6.45, 7) is 1.85. The first-order chi connectivity index (χ1) is 10.9. The molecule has 0 unspecified atom stereocenters. The number of fused-ring (bicyclic) bond motifs is 1. The predicted molar refractivity (Wildman–Crippen MR) is 83.3 cm³/mol. The van der Waals surface area contributed by atoms with Crippen LogP contribution in [0.25, 0.3) is 10.9 Å². The van der Waals surface area contributed by atoms with E-state index in [0.717, 1.165) is 5.56 Å². The number of carboxylic acids is 1. The molecule has 0 aliphatic carbocycles. The van der Waals surface area contributed by atoms with Crippen molar-refractivity contribution in [3.05, 3.63) is 75.1 Å². The number of carboxylic acid groups (broad SMARTS) is 1. The van der Waals surface area contributed by atoms with Gasteiger partial charge in [0.2, 0.25) is 0 Å². The quantitative estimate of drug-likeness (QED) is 0.779. The van der Waals surface area contributed by atoms with Gasteiger partial charge in [-0.25, -0.2) is 14.2 Å². The highest BCUT2D eigenvalue weighted by Gasteiger charge is 2.10. The van der Waals surface area contributed by atoms with Gasteiger partial charge in [0, 0.05) is 6.42 Å². The number of hydrogen-bond acceptors (Lipinski definition) is 3. The minimum Gasteiger partial charge on any atom is -0.478 e. The molecule has 0 saturated carbocycles. The minimum absolute atomic E-state index is 0.0447. The van der Waals surface area contributed by atoms with E-state index >= 15 is 0 Å². The van der Waals surface area contributed by atoms with Gasteiger partial charge < -0.3 is 10.1 Å². The number of aromatic amines is 1. The molecule has 1 aromatic heterocycles. The third-order valence-corrected chi connectivity index (χ3v) is 3.56. The Labute approximate surface area is 130 Å². The van der Waals surface area contributed by atoms with Crippen molar-refractivity contribution >= 4 is 16.9 Å². The Kier molecular flexibility index (Phi) is 3.65. The van der Waals surface area contributed by atoms with Crippen molar-refractivity contribution in [1.29, 1.82) is 0 Å². The molecular formula is C17H13FN2O3. The van der Waals surface area contributed by atoms with Crippen molar-refractivity contribution in [2.75, 3.05) is 0 Å². The fourth-order valence-electron chi connectivity index (χ4n) is 2.42. The monoisotopic (exact) mass is 312 g/mol. The van der Waals surface area contributed by atoms with Gasteiger partial charge in [-0.05, 0) is 36.8 Å². The van der Waals surface area contributed by atoms with Crippen molar-refractivity contribution in [2.24, 2.45) is 0 Å². The molecule has 0 saturated heterocycles. The van der Waals surface area contributed by atoms with Crippen molar-refractivity contribution in [3.63, 3.8) is 0 Å². The zero-order valence-corrected chi connectivity index (χ0v) is 12.3. The molecule has 0 fully saturated rings. The molecule has 0 bridgehead atoms. The number of nitrogens with zero attached hydrogens (tertiary/aromatic N) is 1. The summed E-state index contributed by atoms with van der Waals surface area (Å²) in [6, 6.07) is 8.82. The van der Waals surface area contributed by atoms with Crippen LogP contribution in [0.1, 0.15) is 27.3 Å². The maximum atomic E-state index is 13.8. The summed E-state index contributed by atoms with van der Waals surface area (Å²) in [5.74, 6) is -1.19. The number of aromatic nitrogens is 2. The number of aryl methyl sites for hydroxylation is 1. The van der Waals surface area contributed by atoms with Gasteiger partial charge in [0.25, 0.3) is 5.56 Å². The lowest BCUT2D eigenvalue weighted by molar-refractivity contribution is 0.0697. The number of nitrogens with one attached hydrogen (secondary N) is 1.